The van der Waals surface area contributed by atoms with Gasteiger partial charge < -0.3 is 39.9 Å². The Bertz CT molecular complexity index is 705. The van der Waals surface area contributed by atoms with Crippen molar-refractivity contribution in [3.8, 4) is 0 Å². The van der Waals surface area contributed by atoms with E-state index in [-0.39, 0.29) is 12.8 Å². The quantitative estimate of drug-likeness (QED) is 0.0778. The summed E-state index contributed by atoms with van der Waals surface area (Å²) < 4.78 is 32.1. The van der Waals surface area contributed by atoms with Gasteiger partial charge in [0.2, 0.25) is 0 Å². The first-order valence-electron chi connectivity index (χ1n) is 12.8. The Morgan fingerprint density at radius 1 is 0.757 bits per heavy atom. The highest BCUT2D eigenvalue weighted by Gasteiger charge is 2.51. The number of aliphatic hydroxyl groups excluding tert-OH is 5. The molecular formula is C23H43O13P. The van der Waals surface area contributed by atoms with Crippen molar-refractivity contribution in [1.82, 2.24) is 0 Å². The van der Waals surface area contributed by atoms with Crippen molar-refractivity contribution in [3.05, 3.63) is 0 Å². The normalized spacial score (nSPS) is 28.3. The van der Waals surface area contributed by atoms with Crippen molar-refractivity contribution in [2.45, 2.75) is 121 Å². The second-order valence-corrected chi connectivity index (χ2v) is 10.6. The Morgan fingerprint density at radius 3 is 1.81 bits per heavy atom. The van der Waals surface area contributed by atoms with Crippen LogP contribution in [0.3, 0.4) is 0 Å². The monoisotopic (exact) mass is 558 g/mol. The zero-order valence-electron chi connectivity index (χ0n) is 21.5. The maximum Gasteiger partial charge on any atom is 0.472 e. The molecule has 0 bridgehead atoms. The summed E-state index contributed by atoms with van der Waals surface area (Å²) >= 11 is 0. The van der Waals surface area contributed by atoms with Crippen molar-refractivity contribution >= 4 is 19.8 Å². The molecule has 0 aromatic carbocycles. The number of carbonyl (C=O) groups excluding carboxylic acids is 2. The molecule has 1 aliphatic rings. The Labute approximate surface area is 217 Å². The van der Waals surface area contributed by atoms with Gasteiger partial charge in [0.25, 0.3) is 0 Å². The molecule has 1 aliphatic carbocycles. The van der Waals surface area contributed by atoms with Gasteiger partial charge in [0, 0.05) is 12.8 Å². The highest BCUT2D eigenvalue weighted by Crippen LogP contribution is 2.47. The first kappa shape index (κ1) is 33.9. The molecule has 218 valence electrons. The molecule has 37 heavy (non-hydrogen) atoms. The second kappa shape index (κ2) is 17.4. The van der Waals surface area contributed by atoms with E-state index in [1.165, 1.54) is 19.3 Å². The smallest absolute Gasteiger partial charge is 0.462 e. The van der Waals surface area contributed by atoms with Crippen molar-refractivity contribution < 1.29 is 63.1 Å². The number of carbonyl (C=O) groups is 2. The van der Waals surface area contributed by atoms with Gasteiger partial charge >= 0.3 is 19.8 Å². The summed E-state index contributed by atoms with van der Waals surface area (Å²) in [6, 6.07) is 0. The second-order valence-electron chi connectivity index (χ2n) is 9.16. The van der Waals surface area contributed by atoms with Crippen LogP contribution in [0.1, 0.15) is 78.1 Å². The Kier molecular flexibility index (Phi) is 16.0. The van der Waals surface area contributed by atoms with Gasteiger partial charge in [0.05, 0.1) is 6.61 Å². The average Bonchev–Trinajstić information content (AvgIpc) is 2.87. The molecule has 6 unspecified atom stereocenters. The molecule has 13 nitrogen and oxygen atoms in total. The molecule has 0 saturated heterocycles. The number of phosphoric ester groups is 1. The topological polar surface area (TPSA) is 210 Å². The number of unbranched alkanes of at least 4 members (excludes halogenated alkanes) is 7. The largest absolute Gasteiger partial charge is 0.472 e. The van der Waals surface area contributed by atoms with Gasteiger partial charge in [-0.05, 0) is 6.42 Å². The van der Waals surface area contributed by atoms with Crippen molar-refractivity contribution in [1.29, 1.82) is 0 Å². The molecule has 0 heterocycles. The highest BCUT2D eigenvalue weighted by atomic mass is 31.2. The van der Waals surface area contributed by atoms with E-state index >= 15 is 0 Å². The number of ether oxygens (including phenoxy) is 2. The Morgan fingerprint density at radius 2 is 1.27 bits per heavy atom. The molecule has 0 aromatic heterocycles. The van der Waals surface area contributed by atoms with Gasteiger partial charge in [0.1, 0.15) is 43.2 Å². The van der Waals surface area contributed by atoms with Crippen LogP contribution in [0.5, 0.6) is 0 Å². The predicted molar refractivity (Wildman–Crippen MR) is 129 cm³/mol. The van der Waals surface area contributed by atoms with Crippen molar-refractivity contribution in [2.24, 2.45) is 0 Å². The van der Waals surface area contributed by atoms with Gasteiger partial charge in [-0.25, -0.2) is 4.57 Å². The summed E-state index contributed by atoms with van der Waals surface area (Å²) in [6.45, 7) is 2.51. The van der Waals surface area contributed by atoms with Crippen LogP contribution < -0.4 is 0 Å². The lowest BCUT2D eigenvalue weighted by atomic mass is 9.85. The SMILES string of the molecule is CCCCCCCCCCC(=O)OC(COC(=O)CC)COP(=O)(O)OC1C(O)C(O)C(O)C(O)C1O. The van der Waals surface area contributed by atoms with Crippen LogP contribution in [0.15, 0.2) is 0 Å². The maximum absolute atomic E-state index is 12.4. The van der Waals surface area contributed by atoms with E-state index in [1.807, 2.05) is 0 Å². The van der Waals surface area contributed by atoms with Gasteiger partial charge in [0.15, 0.2) is 6.10 Å². The number of esters is 2. The number of phosphoric acid groups is 1. The van der Waals surface area contributed by atoms with Crippen LogP contribution in [-0.4, -0.2) is 98.3 Å². The molecule has 6 N–H and O–H groups in total. The van der Waals surface area contributed by atoms with Crippen molar-refractivity contribution in [3.63, 3.8) is 0 Å². The molecule has 0 spiro atoms. The molecule has 0 amide bonds. The zero-order chi connectivity index (χ0) is 28.0. The number of rotatable bonds is 18. The fourth-order valence-corrected chi connectivity index (χ4v) is 4.71. The molecule has 0 aliphatic heterocycles. The van der Waals surface area contributed by atoms with E-state index in [1.54, 1.807) is 6.92 Å². The first-order valence-corrected chi connectivity index (χ1v) is 14.3. The fraction of sp³-hybridized carbons (Fsp3) is 0.913. The van der Waals surface area contributed by atoms with Crippen LogP contribution in [0.4, 0.5) is 0 Å². The summed E-state index contributed by atoms with van der Waals surface area (Å²) in [4.78, 5) is 33.8. The van der Waals surface area contributed by atoms with Crippen LogP contribution in [0, 0.1) is 0 Å². The summed E-state index contributed by atoms with van der Waals surface area (Å²) in [5.41, 5.74) is 0. The summed E-state index contributed by atoms with van der Waals surface area (Å²) in [5, 5.41) is 49.1. The lowest BCUT2D eigenvalue weighted by molar-refractivity contribution is -0.220. The molecular weight excluding hydrogens is 515 g/mol. The standard InChI is InChI=1S/C23H43O13P/c1-3-5-6-7-8-9-10-11-12-17(25)35-15(13-33-16(24)4-2)14-34-37(31,32)36-23-21(29)19(27)18(26)20(28)22(23)30/h15,18-23,26-30H,3-14H2,1-2H3,(H,31,32). The molecule has 0 radical (unpaired) electrons. The van der Waals surface area contributed by atoms with Gasteiger partial charge in [-0.15, -0.1) is 0 Å². The highest BCUT2D eigenvalue weighted by molar-refractivity contribution is 7.47. The van der Waals surface area contributed by atoms with Crippen LogP contribution in [0.25, 0.3) is 0 Å². The minimum absolute atomic E-state index is 0.0509. The lowest BCUT2D eigenvalue weighted by Gasteiger charge is -2.41. The minimum Gasteiger partial charge on any atom is -0.462 e. The van der Waals surface area contributed by atoms with Gasteiger partial charge in [-0.2, -0.15) is 0 Å². The number of hydrogen-bond acceptors (Lipinski definition) is 12. The summed E-state index contributed by atoms with van der Waals surface area (Å²) in [5.74, 6) is -1.21. The van der Waals surface area contributed by atoms with Gasteiger partial charge in [-0.1, -0.05) is 58.8 Å². The Hall–Kier alpha value is -1.15. The maximum atomic E-state index is 12.4. The van der Waals surface area contributed by atoms with Crippen molar-refractivity contribution in [2.75, 3.05) is 13.2 Å². The fourth-order valence-electron chi connectivity index (χ4n) is 3.74. The molecule has 14 heteroatoms. The molecule has 1 fully saturated rings. The molecule has 0 aromatic rings. The average molecular weight is 559 g/mol. The third-order valence-corrected chi connectivity index (χ3v) is 6.99. The molecule has 6 atom stereocenters. The molecule has 1 saturated carbocycles. The van der Waals surface area contributed by atoms with E-state index in [0.717, 1.165) is 25.7 Å². The van der Waals surface area contributed by atoms with Crippen LogP contribution in [0.2, 0.25) is 0 Å². The molecule has 1 rings (SSSR count). The van der Waals surface area contributed by atoms with Crippen LogP contribution in [-0.2, 0) is 32.7 Å². The third-order valence-electron chi connectivity index (χ3n) is 6.00. The van der Waals surface area contributed by atoms with E-state index in [2.05, 4.69) is 6.92 Å². The van der Waals surface area contributed by atoms with E-state index in [0.29, 0.717) is 6.42 Å². The predicted octanol–water partition coefficient (Wildman–Crippen LogP) is 0.702. The minimum atomic E-state index is -5.06. The van der Waals surface area contributed by atoms with Gasteiger partial charge in [-0.3, -0.25) is 18.6 Å². The zero-order valence-corrected chi connectivity index (χ0v) is 22.4. The van der Waals surface area contributed by atoms with E-state index in [4.69, 9.17) is 18.5 Å². The number of aliphatic hydroxyl groups is 5. The first-order chi connectivity index (χ1) is 17.4. The third kappa shape index (κ3) is 12.5. The van der Waals surface area contributed by atoms with E-state index < -0.39 is 75.7 Å². The van der Waals surface area contributed by atoms with Crippen LogP contribution >= 0.6 is 7.82 Å². The lowest BCUT2D eigenvalue weighted by Crippen LogP contribution is -2.64. The summed E-state index contributed by atoms with van der Waals surface area (Å²) in [6.07, 6.45) is -4.77. The van der Waals surface area contributed by atoms with E-state index in [9.17, 15) is 44.6 Å². The summed E-state index contributed by atoms with van der Waals surface area (Å²) in [7, 11) is -5.06. The Balaban J connectivity index is 2.60. The number of hydrogen-bond donors (Lipinski definition) is 6.